The van der Waals surface area contributed by atoms with Crippen LogP contribution in [0.15, 0.2) is 41.8 Å². The van der Waals surface area contributed by atoms with Crippen LogP contribution in [0, 0.1) is 0 Å². The van der Waals surface area contributed by atoms with Gasteiger partial charge in [-0.15, -0.1) is 11.3 Å². The van der Waals surface area contributed by atoms with Crippen molar-refractivity contribution in [1.82, 2.24) is 0 Å². The lowest BCUT2D eigenvalue weighted by Gasteiger charge is -2.26. The zero-order valence-corrected chi connectivity index (χ0v) is 12.4. The van der Waals surface area contributed by atoms with E-state index in [1.807, 2.05) is 25.1 Å². The predicted molar refractivity (Wildman–Crippen MR) is 82.7 cm³/mol. The van der Waals surface area contributed by atoms with E-state index in [-0.39, 0.29) is 6.10 Å². The van der Waals surface area contributed by atoms with Gasteiger partial charge in [-0.1, -0.05) is 31.2 Å². The number of hydrogen-bond donors (Lipinski definition) is 1. The van der Waals surface area contributed by atoms with Gasteiger partial charge in [0.2, 0.25) is 0 Å². The van der Waals surface area contributed by atoms with Gasteiger partial charge in [-0.05, 0) is 30.9 Å². The summed E-state index contributed by atoms with van der Waals surface area (Å²) in [5.41, 5.74) is 2.18. The number of anilines is 1. The van der Waals surface area contributed by atoms with Crippen molar-refractivity contribution in [3.05, 3.63) is 52.2 Å². The van der Waals surface area contributed by atoms with E-state index in [0.717, 1.165) is 30.8 Å². The van der Waals surface area contributed by atoms with E-state index in [1.54, 1.807) is 11.3 Å². The first-order valence-electron chi connectivity index (χ1n) is 6.80. The Labute approximate surface area is 119 Å². The molecule has 0 aliphatic carbocycles. The molecule has 3 heteroatoms. The molecular formula is C16H21NOS. The highest BCUT2D eigenvalue weighted by molar-refractivity contribution is 7.09. The molecule has 0 amide bonds. The van der Waals surface area contributed by atoms with E-state index in [2.05, 4.69) is 35.4 Å². The highest BCUT2D eigenvalue weighted by Gasteiger charge is 2.15. The minimum Gasteiger partial charge on any atom is -0.388 e. The topological polar surface area (TPSA) is 23.5 Å². The minimum atomic E-state index is -0.381. The highest BCUT2D eigenvalue weighted by Crippen LogP contribution is 2.29. The van der Waals surface area contributed by atoms with Crippen LogP contribution in [0.5, 0.6) is 0 Å². The molecule has 0 aliphatic rings. The molecule has 1 aromatic heterocycles. The molecule has 2 nitrogen and oxygen atoms in total. The van der Waals surface area contributed by atoms with Crippen LogP contribution in [0.4, 0.5) is 5.69 Å². The van der Waals surface area contributed by atoms with E-state index in [1.165, 1.54) is 4.88 Å². The first-order valence-corrected chi connectivity index (χ1v) is 7.68. The summed E-state index contributed by atoms with van der Waals surface area (Å²) in [5, 5.41) is 12.3. The van der Waals surface area contributed by atoms with Gasteiger partial charge in [0.15, 0.2) is 0 Å². The zero-order valence-electron chi connectivity index (χ0n) is 11.5. The Bertz CT molecular complexity index is 495. The molecule has 0 radical (unpaired) electrons. The number of thiophene rings is 1. The van der Waals surface area contributed by atoms with E-state index >= 15 is 0 Å². The lowest BCUT2D eigenvalue weighted by atomic mass is 10.0. The first-order chi connectivity index (χ1) is 9.26. The van der Waals surface area contributed by atoms with E-state index < -0.39 is 0 Å². The van der Waals surface area contributed by atoms with Crippen molar-refractivity contribution >= 4 is 17.0 Å². The molecule has 0 saturated carbocycles. The summed E-state index contributed by atoms with van der Waals surface area (Å²) < 4.78 is 0. The molecule has 1 N–H and O–H groups in total. The predicted octanol–water partition coefficient (Wildman–Crippen LogP) is 4.22. The van der Waals surface area contributed by atoms with Crippen molar-refractivity contribution in [2.45, 2.75) is 32.9 Å². The number of aliphatic hydroxyl groups is 1. The molecule has 1 atom stereocenters. The smallest absolute Gasteiger partial charge is 0.0807 e. The molecule has 0 bridgehead atoms. The normalized spacial score (nSPS) is 12.4. The van der Waals surface area contributed by atoms with Gasteiger partial charge in [-0.3, -0.25) is 0 Å². The molecular weight excluding hydrogens is 254 g/mol. The molecule has 0 aliphatic heterocycles. The fourth-order valence-corrected chi connectivity index (χ4v) is 2.95. The van der Waals surface area contributed by atoms with E-state index in [9.17, 15) is 5.11 Å². The summed E-state index contributed by atoms with van der Waals surface area (Å²) in [5.74, 6) is 0. The summed E-state index contributed by atoms with van der Waals surface area (Å²) in [4.78, 5) is 3.67. The van der Waals surface area contributed by atoms with Crippen molar-refractivity contribution in [3.63, 3.8) is 0 Å². The second kappa shape index (κ2) is 6.73. The monoisotopic (exact) mass is 275 g/mol. The third-order valence-corrected chi connectivity index (χ3v) is 4.19. The van der Waals surface area contributed by atoms with Gasteiger partial charge in [-0.25, -0.2) is 0 Å². The Morgan fingerprint density at radius 2 is 1.95 bits per heavy atom. The van der Waals surface area contributed by atoms with Crippen molar-refractivity contribution in [3.8, 4) is 0 Å². The Balaban J connectivity index is 2.27. The largest absolute Gasteiger partial charge is 0.388 e. The molecule has 2 aromatic rings. The number of rotatable bonds is 6. The van der Waals surface area contributed by atoms with Crippen molar-refractivity contribution in [2.75, 3.05) is 11.4 Å². The van der Waals surface area contributed by atoms with Gasteiger partial charge in [0.05, 0.1) is 12.6 Å². The maximum Gasteiger partial charge on any atom is 0.0807 e. The van der Waals surface area contributed by atoms with Crippen LogP contribution in [0.2, 0.25) is 0 Å². The molecule has 2 rings (SSSR count). The molecule has 0 saturated heterocycles. The Morgan fingerprint density at radius 3 is 2.58 bits per heavy atom. The quantitative estimate of drug-likeness (QED) is 0.853. The number of hydrogen-bond acceptors (Lipinski definition) is 3. The average Bonchev–Trinajstić information content (AvgIpc) is 2.97. The van der Waals surface area contributed by atoms with Gasteiger partial charge in [-0.2, -0.15) is 0 Å². The fourth-order valence-electron chi connectivity index (χ4n) is 2.24. The maximum atomic E-state index is 10.2. The molecule has 0 spiro atoms. The second-order valence-corrected chi connectivity index (χ2v) is 5.61. The fraction of sp³-hybridized carbons (Fsp3) is 0.375. The molecule has 0 fully saturated rings. The summed E-state index contributed by atoms with van der Waals surface area (Å²) in [6, 6.07) is 12.4. The lowest BCUT2D eigenvalue weighted by Crippen LogP contribution is -2.23. The summed E-state index contributed by atoms with van der Waals surface area (Å²) >= 11 is 1.78. The zero-order chi connectivity index (χ0) is 13.7. The van der Waals surface area contributed by atoms with Gasteiger partial charge in [0.1, 0.15) is 0 Å². The maximum absolute atomic E-state index is 10.2. The minimum absolute atomic E-state index is 0.381. The molecule has 102 valence electrons. The first kappa shape index (κ1) is 14.1. The third-order valence-electron chi connectivity index (χ3n) is 3.33. The van der Waals surface area contributed by atoms with Crippen LogP contribution in [-0.2, 0) is 6.54 Å². The summed E-state index contributed by atoms with van der Waals surface area (Å²) in [7, 11) is 0. The molecule has 0 unspecified atom stereocenters. The van der Waals surface area contributed by atoms with Crippen molar-refractivity contribution < 1.29 is 5.11 Å². The molecule has 19 heavy (non-hydrogen) atoms. The summed E-state index contributed by atoms with van der Waals surface area (Å²) in [6.07, 6.45) is 0.363. The van der Waals surface area contributed by atoms with Crippen LogP contribution >= 0.6 is 11.3 Å². The van der Waals surface area contributed by atoms with Crippen LogP contribution < -0.4 is 4.90 Å². The number of aliphatic hydroxyl groups excluding tert-OH is 1. The van der Waals surface area contributed by atoms with Crippen LogP contribution in [0.25, 0.3) is 0 Å². The van der Waals surface area contributed by atoms with Crippen molar-refractivity contribution in [2.24, 2.45) is 0 Å². The second-order valence-electron chi connectivity index (χ2n) is 4.58. The van der Waals surface area contributed by atoms with Gasteiger partial charge in [0.25, 0.3) is 0 Å². The molecule has 1 heterocycles. The number of benzene rings is 1. The van der Waals surface area contributed by atoms with Crippen molar-refractivity contribution in [1.29, 1.82) is 0 Å². The lowest BCUT2D eigenvalue weighted by molar-refractivity contribution is 0.174. The average molecular weight is 275 g/mol. The molecule has 1 aromatic carbocycles. The third kappa shape index (κ3) is 3.37. The van der Waals surface area contributed by atoms with Crippen LogP contribution in [0.1, 0.15) is 36.8 Å². The van der Waals surface area contributed by atoms with E-state index in [0.29, 0.717) is 0 Å². The van der Waals surface area contributed by atoms with Crippen LogP contribution in [0.3, 0.4) is 0 Å². The van der Waals surface area contributed by atoms with Gasteiger partial charge in [0, 0.05) is 22.7 Å². The van der Waals surface area contributed by atoms with E-state index in [4.69, 9.17) is 0 Å². The highest BCUT2D eigenvalue weighted by atomic mass is 32.1. The summed E-state index contributed by atoms with van der Waals surface area (Å²) in [6.45, 7) is 6.01. The standard InChI is InChI=1S/C16H21NOS/c1-3-16(18)14-9-5-6-10-15(14)17(4-2)12-13-8-7-11-19-13/h5-11,16,18H,3-4,12H2,1-2H3/t16-/m0/s1. The Hall–Kier alpha value is -1.32. The SMILES string of the molecule is CC[C@H](O)c1ccccc1N(CC)Cc1cccs1. The van der Waals surface area contributed by atoms with Gasteiger partial charge < -0.3 is 10.0 Å². The Kier molecular flexibility index (Phi) is 5.00. The Morgan fingerprint density at radius 1 is 1.16 bits per heavy atom. The number of para-hydroxylation sites is 1. The van der Waals surface area contributed by atoms with Crippen LogP contribution in [-0.4, -0.2) is 11.7 Å². The van der Waals surface area contributed by atoms with Gasteiger partial charge >= 0.3 is 0 Å². The number of nitrogens with zero attached hydrogens (tertiary/aromatic N) is 1.